The van der Waals surface area contributed by atoms with Gasteiger partial charge in [0.1, 0.15) is 0 Å². The van der Waals surface area contributed by atoms with Crippen molar-refractivity contribution < 1.29 is 19.1 Å². The summed E-state index contributed by atoms with van der Waals surface area (Å²) in [5.41, 5.74) is 0. The molecule has 0 aliphatic carbocycles. The van der Waals surface area contributed by atoms with Gasteiger partial charge in [-0.25, -0.2) is 0 Å². The average Bonchev–Trinajstić information content (AvgIpc) is 3.03. The van der Waals surface area contributed by atoms with Crippen molar-refractivity contribution in [2.24, 2.45) is 35.5 Å². The molecule has 0 rings (SSSR count). The van der Waals surface area contributed by atoms with Crippen LogP contribution in [0.5, 0.6) is 0 Å². The van der Waals surface area contributed by atoms with Gasteiger partial charge in [-0.1, -0.05) is 177 Å². The fraction of sp³-hybridized carbons (Fsp3) is 0.952. The Labute approximate surface area is 288 Å². The minimum absolute atomic E-state index is 0.00457. The van der Waals surface area contributed by atoms with Crippen LogP contribution in [-0.4, -0.2) is 25.2 Å². The smallest absolute Gasteiger partial charge is 0.309 e. The van der Waals surface area contributed by atoms with Crippen molar-refractivity contribution in [3.63, 3.8) is 0 Å². The van der Waals surface area contributed by atoms with Crippen molar-refractivity contribution >= 4 is 11.9 Å². The van der Waals surface area contributed by atoms with Crippen molar-refractivity contribution in [1.82, 2.24) is 0 Å². The summed E-state index contributed by atoms with van der Waals surface area (Å²) < 4.78 is 11.5. The van der Waals surface area contributed by atoms with Crippen molar-refractivity contribution in [3.8, 4) is 0 Å². The van der Waals surface area contributed by atoms with Crippen molar-refractivity contribution in [1.29, 1.82) is 0 Å². The molecule has 0 radical (unpaired) electrons. The average molecular weight is 651 g/mol. The van der Waals surface area contributed by atoms with E-state index in [-0.39, 0.29) is 17.9 Å². The fourth-order valence-corrected chi connectivity index (χ4v) is 7.01. The topological polar surface area (TPSA) is 52.6 Å². The molecular weight excluding hydrogens is 568 g/mol. The maximum atomic E-state index is 13.2. The van der Waals surface area contributed by atoms with Crippen LogP contribution in [0.2, 0.25) is 0 Å². The molecule has 0 aliphatic rings. The monoisotopic (exact) mass is 651 g/mol. The third kappa shape index (κ3) is 24.1. The lowest BCUT2D eigenvalue weighted by Crippen LogP contribution is -2.34. The Morgan fingerprint density at radius 2 is 0.891 bits per heavy atom. The molecule has 46 heavy (non-hydrogen) atoms. The van der Waals surface area contributed by atoms with E-state index >= 15 is 0 Å². The normalized spacial score (nSPS) is 14.4. The van der Waals surface area contributed by atoms with Crippen LogP contribution in [-0.2, 0) is 19.1 Å². The Morgan fingerprint density at radius 3 is 1.28 bits per heavy atom. The molecule has 0 saturated carbocycles. The lowest BCUT2D eigenvalue weighted by Gasteiger charge is -2.32. The number of carbonyl (C=O) groups excluding carboxylic acids is 2. The van der Waals surface area contributed by atoms with Gasteiger partial charge in [0.25, 0.3) is 0 Å². The first kappa shape index (κ1) is 44.9. The third-order valence-electron chi connectivity index (χ3n) is 10.5. The first-order valence-corrected chi connectivity index (χ1v) is 20.5. The zero-order valence-corrected chi connectivity index (χ0v) is 32.5. The fourth-order valence-electron chi connectivity index (χ4n) is 7.01. The van der Waals surface area contributed by atoms with Gasteiger partial charge < -0.3 is 9.47 Å². The predicted octanol–water partition coefficient (Wildman–Crippen LogP) is 13.3. The van der Waals surface area contributed by atoms with E-state index in [2.05, 4.69) is 55.4 Å². The zero-order chi connectivity index (χ0) is 34.4. The molecule has 0 fully saturated rings. The number of carbonyl (C=O) groups is 2. The molecule has 0 aromatic rings. The van der Waals surface area contributed by atoms with Crippen LogP contribution >= 0.6 is 0 Å². The van der Waals surface area contributed by atoms with E-state index in [1.165, 1.54) is 116 Å². The number of unbranched alkanes of at least 4 members (excludes halogenated alkanes) is 15. The number of rotatable bonds is 33. The minimum Gasteiger partial charge on any atom is -0.465 e. The van der Waals surface area contributed by atoms with E-state index < -0.39 is 0 Å². The van der Waals surface area contributed by atoms with Crippen LogP contribution in [0.1, 0.15) is 209 Å². The van der Waals surface area contributed by atoms with Gasteiger partial charge >= 0.3 is 11.9 Å². The number of hydrogen-bond acceptors (Lipinski definition) is 4. The molecule has 0 heterocycles. The number of esters is 2. The van der Waals surface area contributed by atoms with Gasteiger partial charge in [0.05, 0.1) is 19.1 Å². The van der Waals surface area contributed by atoms with Gasteiger partial charge in [-0.15, -0.1) is 0 Å². The lowest BCUT2D eigenvalue weighted by atomic mass is 9.74. The van der Waals surface area contributed by atoms with Crippen LogP contribution in [0, 0.1) is 35.5 Å². The van der Waals surface area contributed by atoms with Crippen LogP contribution in [0.3, 0.4) is 0 Å². The van der Waals surface area contributed by atoms with Crippen LogP contribution in [0.15, 0.2) is 0 Å². The van der Waals surface area contributed by atoms with Gasteiger partial charge in [-0.3, -0.25) is 9.59 Å². The first-order chi connectivity index (χ1) is 22.2. The minimum atomic E-state index is 0.00457. The molecule has 0 aromatic heterocycles. The summed E-state index contributed by atoms with van der Waals surface area (Å²) >= 11 is 0. The molecule has 4 nitrogen and oxygen atoms in total. The van der Waals surface area contributed by atoms with E-state index in [1.807, 2.05) is 0 Å². The summed E-state index contributed by atoms with van der Waals surface area (Å²) in [6.45, 7) is 19.1. The Morgan fingerprint density at radius 1 is 0.478 bits per heavy atom. The Kier molecular flexibility index (Phi) is 30.5. The molecule has 4 unspecified atom stereocenters. The van der Waals surface area contributed by atoms with Crippen LogP contribution < -0.4 is 0 Å². The highest BCUT2D eigenvalue weighted by Gasteiger charge is 2.34. The molecule has 4 atom stereocenters. The molecule has 4 heteroatoms. The van der Waals surface area contributed by atoms with Crippen molar-refractivity contribution in [3.05, 3.63) is 0 Å². The second-order valence-corrected chi connectivity index (χ2v) is 15.3. The standard InChI is InChI=1S/C42H82O4/c1-9-13-29-37(11-3)33-45-40(43)32-28-26-24-22-20-18-16-15-17-19-21-23-25-27-31-39(35(5)6)41(36(7)8)42(44)46-34-38(12-4)30-14-10-2/h35-39,41H,9-34H2,1-8H3. The summed E-state index contributed by atoms with van der Waals surface area (Å²) in [5, 5.41) is 0. The Bertz CT molecular complexity index is 687. The molecule has 0 aromatic carbocycles. The molecule has 274 valence electrons. The van der Waals surface area contributed by atoms with E-state index in [1.54, 1.807) is 0 Å². The van der Waals surface area contributed by atoms with Gasteiger partial charge in [0.15, 0.2) is 0 Å². The number of ether oxygens (including phenoxy) is 2. The van der Waals surface area contributed by atoms with Gasteiger partial charge in [0, 0.05) is 6.42 Å². The van der Waals surface area contributed by atoms with E-state index in [9.17, 15) is 9.59 Å². The SMILES string of the molecule is CCCCC(CC)COC(=O)CCCCCCCCCCCCCCCCC(C(C)C)C(C(=O)OCC(CC)CCCC)C(C)C. The molecule has 0 N–H and O–H groups in total. The quantitative estimate of drug-likeness (QED) is 0.0524. The van der Waals surface area contributed by atoms with Gasteiger partial charge in [0.2, 0.25) is 0 Å². The second-order valence-electron chi connectivity index (χ2n) is 15.3. The lowest BCUT2D eigenvalue weighted by molar-refractivity contribution is -0.155. The highest BCUT2D eigenvalue weighted by atomic mass is 16.5. The maximum Gasteiger partial charge on any atom is 0.309 e. The molecule has 0 amide bonds. The Hall–Kier alpha value is -1.06. The van der Waals surface area contributed by atoms with Gasteiger partial charge in [-0.2, -0.15) is 0 Å². The molecular formula is C42H82O4. The first-order valence-electron chi connectivity index (χ1n) is 20.5. The summed E-state index contributed by atoms with van der Waals surface area (Å²) in [5.74, 6) is 2.37. The van der Waals surface area contributed by atoms with E-state index in [0.717, 1.165) is 32.1 Å². The number of hydrogen-bond donors (Lipinski definition) is 0. The summed E-state index contributed by atoms with van der Waals surface area (Å²) in [6.07, 6.45) is 29.2. The highest BCUT2D eigenvalue weighted by molar-refractivity contribution is 5.73. The summed E-state index contributed by atoms with van der Waals surface area (Å²) in [4.78, 5) is 25.3. The van der Waals surface area contributed by atoms with Crippen molar-refractivity contribution in [2.75, 3.05) is 13.2 Å². The van der Waals surface area contributed by atoms with Gasteiger partial charge in [-0.05, 0) is 55.3 Å². The Balaban J connectivity index is 3.91. The predicted molar refractivity (Wildman–Crippen MR) is 199 cm³/mol. The molecule has 0 saturated heterocycles. The van der Waals surface area contributed by atoms with Crippen LogP contribution in [0.4, 0.5) is 0 Å². The highest BCUT2D eigenvalue weighted by Crippen LogP contribution is 2.33. The largest absolute Gasteiger partial charge is 0.465 e. The summed E-state index contributed by atoms with van der Waals surface area (Å²) in [6, 6.07) is 0. The van der Waals surface area contributed by atoms with E-state index in [4.69, 9.17) is 9.47 Å². The third-order valence-corrected chi connectivity index (χ3v) is 10.5. The summed E-state index contributed by atoms with van der Waals surface area (Å²) in [7, 11) is 0. The molecule has 0 spiro atoms. The van der Waals surface area contributed by atoms with Crippen LogP contribution in [0.25, 0.3) is 0 Å². The van der Waals surface area contributed by atoms with Crippen molar-refractivity contribution in [2.45, 2.75) is 209 Å². The molecule has 0 aliphatic heterocycles. The second kappa shape index (κ2) is 31.2. The zero-order valence-electron chi connectivity index (χ0n) is 32.5. The maximum absolute atomic E-state index is 13.2. The van der Waals surface area contributed by atoms with E-state index in [0.29, 0.717) is 49.2 Å². The molecule has 0 bridgehead atoms.